The van der Waals surface area contributed by atoms with Gasteiger partial charge in [-0.1, -0.05) is 18.2 Å². The molecule has 0 aliphatic heterocycles. The van der Waals surface area contributed by atoms with Gasteiger partial charge >= 0.3 is 0 Å². The number of para-hydroxylation sites is 1. The first kappa shape index (κ1) is 15.2. The summed E-state index contributed by atoms with van der Waals surface area (Å²) in [4.78, 5) is 17.0. The van der Waals surface area contributed by atoms with Gasteiger partial charge in [-0.15, -0.1) is 0 Å². The molecule has 0 saturated carbocycles. The van der Waals surface area contributed by atoms with Gasteiger partial charge in [0.1, 0.15) is 11.4 Å². The predicted octanol–water partition coefficient (Wildman–Crippen LogP) is 2.38. The summed E-state index contributed by atoms with van der Waals surface area (Å²) in [5.41, 5.74) is 2.51. The van der Waals surface area contributed by atoms with Gasteiger partial charge in [-0.3, -0.25) is 14.6 Å². The van der Waals surface area contributed by atoms with Gasteiger partial charge in [-0.25, -0.2) is 4.68 Å². The van der Waals surface area contributed by atoms with Crippen molar-refractivity contribution in [3.8, 4) is 5.69 Å². The number of anilines is 2. The fourth-order valence-corrected chi connectivity index (χ4v) is 2.48. The summed E-state index contributed by atoms with van der Waals surface area (Å²) < 4.78 is 3.66. The second-order valence-corrected chi connectivity index (χ2v) is 5.52. The Labute approximate surface area is 137 Å². The lowest BCUT2D eigenvalue weighted by Gasteiger charge is -2.07. The van der Waals surface area contributed by atoms with Crippen LogP contribution in [0.15, 0.2) is 35.1 Å². The summed E-state index contributed by atoms with van der Waals surface area (Å²) in [6, 6.07) is 9.46. The van der Waals surface area contributed by atoms with Crippen LogP contribution in [0.4, 0.5) is 11.5 Å². The molecule has 7 nitrogen and oxygen atoms in total. The Morgan fingerprint density at radius 1 is 1.22 bits per heavy atom. The molecule has 3 aromatic rings. The highest BCUT2D eigenvalue weighted by Crippen LogP contribution is 2.18. The molecule has 1 aromatic carbocycles. The Morgan fingerprint density at radius 2 is 1.91 bits per heavy atom. The third-order valence-corrected chi connectivity index (χ3v) is 3.86. The van der Waals surface area contributed by atoms with Crippen molar-refractivity contribution in [1.29, 1.82) is 0 Å². The largest absolute Gasteiger partial charge is 0.333 e. The molecule has 2 heterocycles. The lowest BCUT2D eigenvalue weighted by atomic mass is 10.3. The van der Waals surface area contributed by atoms with Gasteiger partial charge < -0.3 is 5.32 Å². The molecule has 0 fully saturated rings. The standard InChI is InChI=1S/C15H16N6OS/c1-9-13(17-15(23)19-18-9)16-12-10(2)20(3)21(14(12)22)11-7-5-4-6-8-11/h4-8H,1-3H3,(H2,16,17,19,23). The topological polar surface area (TPSA) is 80.5 Å². The van der Waals surface area contributed by atoms with E-state index in [9.17, 15) is 4.79 Å². The van der Waals surface area contributed by atoms with Crippen molar-refractivity contribution in [2.75, 3.05) is 5.32 Å². The Bertz CT molecular complexity index is 970. The predicted molar refractivity (Wildman–Crippen MR) is 91.0 cm³/mol. The first-order valence-corrected chi connectivity index (χ1v) is 7.44. The average Bonchev–Trinajstić information content (AvgIpc) is 2.75. The van der Waals surface area contributed by atoms with Crippen LogP contribution in [0.2, 0.25) is 0 Å². The SMILES string of the molecule is Cc1n[nH]c(=S)nc1Nc1c(C)n(C)n(-c2ccccc2)c1=O. The number of hydrogen-bond donors (Lipinski definition) is 2. The zero-order valence-corrected chi connectivity index (χ0v) is 13.8. The van der Waals surface area contributed by atoms with Gasteiger partial charge in [0.2, 0.25) is 4.77 Å². The third-order valence-electron chi connectivity index (χ3n) is 3.67. The van der Waals surface area contributed by atoms with Crippen molar-refractivity contribution in [3.05, 3.63) is 56.8 Å². The van der Waals surface area contributed by atoms with Crippen LogP contribution in [0.5, 0.6) is 0 Å². The van der Waals surface area contributed by atoms with Crippen molar-refractivity contribution >= 4 is 23.7 Å². The minimum atomic E-state index is -0.156. The molecule has 0 saturated heterocycles. The summed E-state index contributed by atoms with van der Waals surface area (Å²) in [7, 11) is 1.84. The van der Waals surface area contributed by atoms with E-state index in [4.69, 9.17) is 12.2 Å². The Balaban J connectivity index is 2.13. The molecule has 0 unspecified atom stereocenters. The van der Waals surface area contributed by atoms with E-state index >= 15 is 0 Å². The normalized spacial score (nSPS) is 10.7. The van der Waals surface area contributed by atoms with Crippen LogP contribution in [-0.4, -0.2) is 24.5 Å². The number of benzene rings is 1. The molecule has 0 radical (unpaired) electrons. The minimum Gasteiger partial charge on any atom is -0.333 e. The smallest absolute Gasteiger partial charge is 0.295 e. The van der Waals surface area contributed by atoms with Crippen LogP contribution in [-0.2, 0) is 7.05 Å². The zero-order chi connectivity index (χ0) is 16.6. The van der Waals surface area contributed by atoms with Crippen molar-refractivity contribution in [2.24, 2.45) is 7.05 Å². The Morgan fingerprint density at radius 3 is 2.61 bits per heavy atom. The fraction of sp³-hybridized carbons (Fsp3) is 0.200. The molecule has 0 spiro atoms. The molecule has 0 aliphatic rings. The molecule has 2 aromatic heterocycles. The third kappa shape index (κ3) is 2.68. The number of aromatic amines is 1. The number of rotatable bonds is 3. The van der Waals surface area contributed by atoms with E-state index in [-0.39, 0.29) is 10.3 Å². The summed E-state index contributed by atoms with van der Waals surface area (Å²) in [6.45, 7) is 3.66. The Kier molecular flexibility index (Phi) is 3.83. The van der Waals surface area contributed by atoms with E-state index in [0.29, 0.717) is 17.2 Å². The second-order valence-electron chi connectivity index (χ2n) is 5.14. The van der Waals surface area contributed by atoms with Crippen LogP contribution in [0.3, 0.4) is 0 Å². The van der Waals surface area contributed by atoms with Gasteiger partial charge in [-0.05, 0) is 38.2 Å². The van der Waals surface area contributed by atoms with Gasteiger partial charge in [0.05, 0.1) is 11.4 Å². The number of aryl methyl sites for hydroxylation is 1. The van der Waals surface area contributed by atoms with E-state index in [1.54, 1.807) is 16.3 Å². The van der Waals surface area contributed by atoms with Crippen molar-refractivity contribution < 1.29 is 0 Å². The molecular formula is C15H16N6OS. The van der Waals surface area contributed by atoms with E-state index in [2.05, 4.69) is 20.5 Å². The lowest BCUT2D eigenvalue weighted by Crippen LogP contribution is -2.20. The highest BCUT2D eigenvalue weighted by atomic mass is 32.1. The molecule has 0 bridgehead atoms. The van der Waals surface area contributed by atoms with Crippen molar-refractivity contribution in [1.82, 2.24) is 24.5 Å². The Hall–Kier alpha value is -2.74. The molecule has 8 heteroatoms. The molecule has 0 aliphatic carbocycles. The first-order valence-electron chi connectivity index (χ1n) is 7.03. The van der Waals surface area contributed by atoms with Gasteiger partial charge in [0, 0.05) is 7.05 Å². The molecule has 2 N–H and O–H groups in total. The molecular weight excluding hydrogens is 312 g/mol. The van der Waals surface area contributed by atoms with Gasteiger partial charge in [0.25, 0.3) is 5.56 Å². The van der Waals surface area contributed by atoms with Crippen LogP contribution >= 0.6 is 12.2 Å². The minimum absolute atomic E-state index is 0.156. The molecule has 0 amide bonds. The van der Waals surface area contributed by atoms with Gasteiger partial charge in [-0.2, -0.15) is 10.1 Å². The molecule has 0 atom stereocenters. The molecule has 3 rings (SSSR count). The number of hydrogen-bond acceptors (Lipinski definition) is 5. The maximum atomic E-state index is 12.8. The number of nitrogens with one attached hydrogen (secondary N) is 2. The number of aromatic nitrogens is 5. The van der Waals surface area contributed by atoms with Crippen LogP contribution in [0.1, 0.15) is 11.4 Å². The van der Waals surface area contributed by atoms with Crippen LogP contribution in [0.25, 0.3) is 5.69 Å². The van der Waals surface area contributed by atoms with Gasteiger partial charge in [0.15, 0.2) is 5.82 Å². The zero-order valence-electron chi connectivity index (χ0n) is 13.0. The quantitative estimate of drug-likeness (QED) is 0.722. The average molecular weight is 328 g/mol. The van der Waals surface area contributed by atoms with Crippen LogP contribution in [0, 0.1) is 18.6 Å². The highest BCUT2D eigenvalue weighted by Gasteiger charge is 2.17. The molecule has 118 valence electrons. The summed E-state index contributed by atoms with van der Waals surface area (Å²) in [5.74, 6) is 0.472. The van der Waals surface area contributed by atoms with Crippen LogP contribution < -0.4 is 10.9 Å². The van der Waals surface area contributed by atoms with E-state index in [1.807, 2.05) is 44.3 Å². The second kappa shape index (κ2) is 5.81. The van der Waals surface area contributed by atoms with Crippen molar-refractivity contribution in [2.45, 2.75) is 13.8 Å². The van der Waals surface area contributed by atoms with E-state index < -0.39 is 0 Å². The summed E-state index contributed by atoms with van der Waals surface area (Å²) >= 11 is 4.99. The molecule has 23 heavy (non-hydrogen) atoms. The van der Waals surface area contributed by atoms with Crippen molar-refractivity contribution in [3.63, 3.8) is 0 Å². The fourth-order valence-electron chi connectivity index (χ4n) is 2.34. The van der Waals surface area contributed by atoms with E-state index in [0.717, 1.165) is 11.4 Å². The maximum Gasteiger partial charge on any atom is 0.295 e. The maximum absolute atomic E-state index is 12.8. The van der Waals surface area contributed by atoms with E-state index in [1.165, 1.54) is 0 Å². The first-order chi connectivity index (χ1) is 11.0. The number of H-pyrrole nitrogens is 1. The monoisotopic (exact) mass is 328 g/mol. The highest BCUT2D eigenvalue weighted by molar-refractivity contribution is 7.71. The lowest BCUT2D eigenvalue weighted by molar-refractivity contribution is 0.630. The number of nitrogens with zero attached hydrogens (tertiary/aromatic N) is 4. The summed E-state index contributed by atoms with van der Waals surface area (Å²) in [5, 5.41) is 9.74. The summed E-state index contributed by atoms with van der Waals surface area (Å²) in [6.07, 6.45) is 0.